The molecule has 3 unspecified atom stereocenters. The van der Waals surface area contributed by atoms with Gasteiger partial charge in [0, 0.05) is 0 Å². The Labute approximate surface area is 97.3 Å². The molecule has 0 aromatic carbocycles. The fraction of sp³-hybridized carbons (Fsp3) is 1.00. The highest BCUT2D eigenvalue weighted by Crippen LogP contribution is 2.31. The first kappa shape index (κ1) is 17.4. The van der Waals surface area contributed by atoms with Gasteiger partial charge in [-0.3, -0.25) is 0 Å². The third-order valence-electron chi connectivity index (χ3n) is 2.96. The summed E-state index contributed by atoms with van der Waals surface area (Å²) in [6, 6.07) is 0. The molecule has 1 fully saturated rings. The summed E-state index contributed by atoms with van der Waals surface area (Å²) < 4.78 is 0. The number of rotatable bonds is 2. The molecule has 1 heteroatoms. The van der Waals surface area contributed by atoms with Crippen molar-refractivity contribution in [2.24, 2.45) is 11.8 Å². The molecule has 1 rings (SSSR count). The van der Waals surface area contributed by atoms with Crippen molar-refractivity contribution < 1.29 is 5.11 Å². The van der Waals surface area contributed by atoms with Gasteiger partial charge in [-0.15, -0.1) is 0 Å². The average Bonchev–Trinajstić information content (AvgIpc) is 2.30. The summed E-state index contributed by atoms with van der Waals surface area (Å²) in [4.78, 5) is 0. The van der Waals surface area contributed by atoms with Gasteiger partial charge in [-0.1, -0.05) is 60.8 Å². The molecule has 0 aromatic rings. The summed E-state index contributed by atoms with van der Waals surface area (Å²) in [5, 5.41) is 9.57. The average molecular weight is 216 g/mol. The summed E-state index contributed by atoms with van der Waals surface area (Å²) in [5.74, 6) is 1.36. The largest absolute Gasteiger partial charge is 0.393 e. The molecular weight excluding hydrogens is 184 g/mol. The van der Waals surface area contributed by atoms with Crippen LogP contribution in [0.3, 0.4) is 0 Å². The summed E-state index contributed by atoms with van der Waals surface area (Å²) in [7, 11) is 0. The van der Waals surface area contributed by atoms with Crippen LogP contribution in [-0.2, 0) is 0 Å². The second-order valence-electron chi connectivity index (χ2n) is 4.01. The predicted molar refractivity (Wildman–Crippen MR) is 70.1 cm³/mol. The molecule has 0 heterocycles. The van der Waals surface area contributed by atoms with Crippen LogP contribution in [0.4, 0.5) is 0 Å². The van der Waals surface area contributed by atoms with Gasteiger partial charge in [-0.05, 0) is 24.7 Å². The maximum absolute atomic E-state index is 9.57. The zero-order chi connectivity index (χ0) is 12.3. The van der Waals surface area contributed by atoms with E-state index in [0.717, 1.165) is 12.3 Å². The highest BCUT2D eigenvalue weighted by atomic mass is 16.3. The monoisotopic (exact) mass is 216 g/mol. The van der Waals surface area contributed by atoms with Crippen molar-refractivity contribution in [2.75, 3.05) is 0 Å². The molecule has 0 bridgehead atoms. The molecule has 0 aliphatic heterocycles. The van der Waals surface area contributed by atoms with Crippen LogP contribution in [0.5, 0.6) is 0 Å². The first-order valence-corrected chi connectivity index (χ1v) is 6.92. The van der Waals surface area contributed by atoms with E-state index in [1.54, 1.807) is 0 Å². The highest BCUT2D eigenvalue weighted by molar-refractivity contribution is 4.76. The normalized spacial score (nSPS) is 29.4. The van der Waals surface area contributed by atoms with Crippen molar-refractivity contribution in [1.29, 1.82) is 0 Å². The summed E-state index contributed by atoms with van der Waals surface area (Å²) in [6.45, 7) is 12.4. The molecule has 1 nitrogen and oxygen atoms in total. The Morgan fingerprint density at radius 1 is 1.07 bits per heavy atom. The zero-order valence-electron chi connectivity index (χ0n) is 11.7. The standard InChI is InChI=1S/C10H20O.2C2H6/c1-3-4-9-6-5-8(2)10(11)7-9;2*1-2/h8-11H,3-7H2,1-2H3;2*1-2H3. The lowest BCUT2D eigenvalue weighted by molar-refractivity contribution is 0.0510. The fourth-order valence-corrected chi connectivity index (χ4v) is 2.05. The van der Waals surface area contributed by atoms with Crippen LogP contribution in [0.15, 0.2) is 0 Å². The van der Waals surface area contributed by atoms with E-state index in [1.165, 1.54) is 25.7 Å². The van der Waals surface area contributed by atoms with Crippen molar-refractivity contribution in [3.63, 3.8) is 0 Å². The summed E-state index contributed by atoms with van der Waals surface area (Å²) in [5.41, 5.74) is 0. The minimum absolute atomic E-state index is 0.0136. The van der Waals surface area contributed by atoms with Crippen LogP contribution in [0.2, 0.25) is 0 Å². The van der Waals surface area contributed by atoms with Crippen molar-refractivity contribution in [3.8, 4) is 0 Å². The molecule has 0 saturated heterocycles. The molecule has 15 heavy (non-hydrogen) atoms. The second-order valence-corrected chi connectivity index (χ2v) is 4.01. The molecule has 3 atom stereocenters. The number of aliphatic hydroxyl groups is 1. The smallest absolute Gasteiger partial charge is 0.0568 e. The number of hydrogen-bond donors (Lipinski definition) is 1. The predicted octanol–water partition coefficient (Wildman–Crippen LogP) is 4.64. The summed E-state index contributed by atoms with van der Waals surface area (Å²) >= 11 is 0. The number of hydrogen-bond acceptors (Lipinski definition) is 1. The Morgan fingerprint density at radius 2 is 1.60 bits per heavy atom. The van der Waals surface area contributed by atoms with Crippen LogP contribution in [0.1, 0.15) is 73.6 Å². The lowest BCUT2D eigenvalue weighted by Gasteiger charge is -2.30. The molecule has 1 aliphatic rings. The van der Waals surface area contributed by atoms with Gasteiger partial charge in [-0.2, -0.15) is 0 Å². The van der Waals surface area contributed by atoms with E-state index in [0.29, 0.717) is 5.92 Å². The van der Waals surface area contributed by atoms with Crippen molar-refractivity contribution in [1.82, 2.24) is 0 Å². The quantitative estimate of drug-likeness (QED) is 0.713. The highest BCUT2D eigenvalue weighted by Gasteiger charge is 2.24. The van der Waals surface area contributed by atoms with Crippen LogP contribution < -0.4 is 0 Å². The SMILES string of the molecule is CC.CC.CCCC1CCC(C)C(O)C1. The van der Waals surface area contributed by atoms with Gasteiger partial charge in [0.1, 0.15) is 0 Å². The van der Waals surface area contributed by atoms with Gasteiger partial charge in [0.15, 0.2) is 0 Å². The Morgan fingerprint density at radius 3 is 2.00 bits per heavy atom. The first-order valence-electron chi connectivity index (χ1n) is 6.92. The van der Waals surface area contributed by atoms with E-state index in [-0.39, 0.29) is 6.10 Å². The molecule has 0 radical (unpaired) electrons. The van der Waals surface area contributed by atoms with Gasteiger partial charge >= 0.3 is 0 Å². The van der Waals surface area contributed by atoms with Gasteiger partial charge in [-0.25, -0.2) is 0 Å². The fourth-order valence-electron chi connectivity index (χ4n) is 2.05. The molecule has 94 valence electrons. The van der Waals surface area contributed by atoms with E-state index in [2.05, 4.69) is 13.8 Å². The Balaban J connectivity index is 0. The third kappa shape index (κ3) is 7.84. The van der Waals surface area contributed by atoms with Crippen molar-refractivity contribution in [2.45, 2.75) is 79.8 Å². The second kappa shape index (κ2) is 12.0. The molecule has 1 N–H and O–H groups in total. The lowest BCUT2D eigenvalue weighted by Crippen LogP contribution is -2.27. The van der Waals surface area contributed by atoms with E-state index < -0.39 is 0 Å². The van der Waals surface area contributed by atoms with Gasteiger partial charge < -0.3 is 5.11 Å². The van der Waals surface area contributed by atoms with Crippen LogP contribution >= 0.6 is 0 Å². The molecular formula is C14H32O. The molecule has 0 amide bonds. The van der Waals surface area contributed by atoms with E-state index in [9.17, 15) is 5.11 Å². The van der Waals surface area contributed by atoms with Crippen molar-refractivity contribution >= 4 is 0 Å². The van der Waals surface area contributed by atoms with Crippen LogP contribution in [0.25, 0.3) is 0 Å². The molecule has 1 aliphatic carbocycles. The third-order valence-corrected chi connectivity index (χ3v) is 2.96. The van der Waals surface area contributed by atoms with Crippen molar-refractivity contribution in [3.05, 3.63) is 0 Å². The Hall–Kier alpha value is -0.0400. The van der Waals surface area contributed by atoms with E-state index in [4.69, 9.17) is 0 Å². The van der Waals surface area contributed by atoms with Gasteiger partial charge in [0.05, 0.1) is 6.10 Å². The molecule has 1 saturated carbocycles. The summed E-state index contributed by atoms with van der Waals surface area (Å²) in [6.07, 6.45) is 6.18. The maximum Gasteiger partial charge on any atom is 0.0568 e. The number of aliphatic hydroxyl groups excluding tert-OH is 1. The minimum atomic E-state index is -0.0136. The maximum atomic E-state index is 9.57. The topological polar surface area (TPSA) is 20.2 Å². The van der Waals surface area contributed by atoms with E-state index in [1.807, 2.05) is 27.7 Å². The Kier molecular flexibility index (Phi) is 13.9. The lowest BCUT2D eigenvalue weighted by atomic mass is 9.79. The molecule has 0 spiro atoms. The van der Waals surface area contributed by atoms with Crippen LogP contribution in [0, 0.1) is 11.8 Å². The molecule has 0 aromatic heterocycles. The van der Waals surface area contributed by atoms with Gasteiger partial charge in [0.2, 0.25) is 0 Å². The Bertz CT molecular complexity index is 112. The first-order chi connectivity index (χ1) is 7.24. The van der Waals surface area contributed by atoms with Crippen LogP contribution in [-0.4, -0.2) is 11.2 Å². The minimum Gasteiger partial charge on any atom is -0.393 e. The zero-order valence-corrected chi connectivity index (χ0v) is 11.7. The van der Waals surface area contributed by atoms with Gasteiger partial charge in [0.25, 0.3) is 0 Å². The van der Waals surface area contributed by atoms with E-state index >= 15 is 0 Å².